The number of thiocarbonyl (C=S) groups is 1. The number of nitrogens with zero attached hydrogens (tertiary/aromatic N) is 2. The molecule has 1 fully saturated rings. The summed E-state index contributed by atoms with van der Waals surface area (Å²) < 4.78 is 5.59. The lowest BCUT2D eigenvalue weighted by Gasteiger charge is -2.43. The molecule has 0 unspecified atom stereocenters. The molecule has 0 aromatic heterocycles. The number of carbonyl (C=O) groups is 2. The molecule has 1 saturated heterocycles. The second-order valence-electron chi connectivity index (χ2n) is 7.52. The third-order valence-corrected chi connectivity index (χ3v) is 5.63. The lowest BCUT2D eigenvalue weighted by molar-refractivity contribution is -0.128. The summed E-state index contributed by atoms with van der Waals surface area (Å²) >= 11 is 5.00. The maximum absolute atomic E-state index is 12.5. The van der Waals surface area contributed by atoms with Crippen LogP contribution in [0.4, 0.5) is 5.69 Å². The molecule has 0 bridgehead atoms. The molecule has 0 spiro atoms. The molecule has 1 N–H and O–H groups in total. The number of hydrogen-bond acceptors (Lipinski definition) is 5. The number of methoxy groups -OCH3 is 1. The Morgan fingerprint density at radius 3 is 2.57 bits per heavy atom. The highest BCUT2D eigenvalue weighted by molar-refractivity contribution is 7.80. The van der Waals surface area contributed by atoms with Crippen molar-refractivity contribution in [2.45, 2.75) is 33.2 Å². The fourth-order valence-electron chi connectivity index (χ4n) is 3.89. The number of rotatable bonds is 3. The van der Waals surface area contributed by atoms with Crippen molar-refractivity contribution in [2.75, 3.05) is 25.6 Å². The van der Waals surface area contributed by atoms with Crippen molar-refractivity contribution < 1.29 is 14.3 Å². The number of nitrogens with one attached hydrogen (secondary N) is 1. The molecule has 2 amide bonds. The molecule has 28 heavy (non-hydrogen) atoms. The van der Waals surface area contributed by atoms with Crippen molar-refractivity contribution >= 4 is 46.5 Å². The Bertz CT molecular complexity index is 946. The van der Waals surface area contributed by atoms with Crippen molar-refractivity contribution in [3.63, 3.8) is 0 Å². The number of amides is 2. The highest BCUT2D eigenvalue weighted by Gasteiger charge is 2.33. The summed E-state index contributed by atoms with van der Waals surface area (Å²) in [5, 5.41) is 2.64. The van der Waals surface area contributed by atoms with E-state index in [0.29, 0.717) is 11.3 Å². The minimum Gasteiger partial charge on any atom is -0.496 e. The van der Waals surface area contributed by atoms with Crippen LogP contribution in [0.3, 0.4) is 0 Å². The van der Waals surface area contributed by atoms with Crippen LogP contribution in [-0.4, -0.2) is 48.1 Å². The highest BCUT2D eigenvalue weighted by Crippen LogP contribution is 2.42. The standard InChI is InChI=1S/C21H25N3O3S/c1-7-24-16-10-17(27-6)13(8-14(16)12(2)11-21(24,3)4)9-15-18(25)22-20(28)23(5)19(15)26/h8-11H,7H2,1-6H3,(H,22,25,28)/b15-9-. The number of likely N-dealkylation sites (N-methyl/N-ethyl adjacent to an activating group) is 2. The smallest absolute Gasteiger partial charge is 0.265 e. The van der Waals surface area contributed by atoms with Gasteiger partial charge in [0, 0.05) is 36.5 Å². The van der Waals surface area contributed by atoms with Crippen molar-refractivity contribution in [1.29, 1.82) is 0 Å². The SMILES string of the molecule is CCN1c2cc(OC)c(/C=C3/C(=O)NC(=S)N(C)C3=O)cc2C(C)=CC1(C)C. The number of anilines is 1. The predicted molar refractivity (Wildman–Crippen MR) is 115 cm³/mol. The number of ether oxygens (including phenoxy) is 1. The van der Waals surface area contributed by atoms with Gasteiger partial charge < -0.3 is 9.64 Å². The molecular weight excluding hydrogens is 374 g/mol. The van der Waals surface area contributed by atoms with E-state index < -0.39 is 11.8 Å². The first-order valence-electron chi connectivity index (χ1n) is 9.15. The average Bonchev–Trinajstić information content (AvgIpc) is 2.62. The van der Waals surface area contributed by atoms with Crippen LogP contribution in [0.15, 0.2) is 23.8 Å². The molecule has 6 nitrogen and oxygen atoms in total. The van der Waals surface area contributed by atoms with Crippen LogP contribution >= 0.6 is 12.2 Å². The maximum atomic E-state index is 12.5. The van der Waals surface area contributed by atoms with Crippen LogP contribution in [-0.2, 0) is 9.59 Å². The number of carbonyl (C=O) groups excluding carboxylic acids is 2. The van der Waals surface area contributed by atoms with Crippen LogP contribution in [0.1, 0.15) is 38.8 Å². The second-order valence-corrected chi connectivity index (χ2v) is 7.90. The van der Waals surface area contributed by atoms with Crippen LogP contribution in [0.5, 0.6) is 5.75 Å². The lowest BCUT2D eigenvalue weighted by Crippen LogP contribution is -2.52. The van der Waals surface area contributed by atoms with Crippen LogP contribution in [0.2, 0.25) is 0 Å². The van der Waals surface area contributed by atoms with E-state index in [2.05, 4.69) is 44.0 Å². The Morgan fingerprint density at radius 1 is 1.29 bits per heavy atom. The predicted octanol–water partition coefficient (Wildman–Crippen LogP) is 2.97. The van der Waals surface area contributed by atoms with Gasteiger partial charge in [-0.05, 0) is 57.6 Å². The monoisotopic (exact) mass is 399 g/mol. The minimum absolute atomic E-state index is 0.0273. The highest BCUT2D eigenvalue weighted by atomic mass is 32.1. The molecule has 148 valence electrons. The summed E-state index contributed by atoms with van der Waals surface area (Å²) in [6.45, 7) is 9.38. The van der Waals surface area contributed by atoms with Gasteiger partial charge in [-0.3, -0.25) is 19.8 Å². The van der Waals surface area contributed by atoms with Crippen molar-refractivity contribution in [3.05, 3.63) is 34.9 Å². The fraction of sp³-hybridized carbons (Fsp3) is 0.381. The van der Waals surface area contributed by atoms with Gasteiger partial charge in [-0.1, -0.05) is 6.08 Å². The Labute approximate surface area is 170 Å². The Kier molecular flexibility index (Phi) is 5.06. The van der Waals surface area contributed by atoms with E-state index in [1.165, 1.54) is 11.9 Å². The van der Waals surface area contributed by atoms with Crippen molar-refractivity contribution in [3.8, 4) is 5.75 Å². The van der Waals surface area contributed by atoms with Crippen LogP contribution in [0.25, 0.3) is 11.6 Å². The summed E-state index contributed by atoms with van der Waals surface area (Å²) in [6, 6.07) is 3.95. The molecule has 2 aliphatic rings. The third kappa shape index (κ3) is 3.20. The van der Waals surface area contributed by atoms with Gasteiger partial charge in [-0.2, -0.15) is 0 Å². The zero-order valence-corrected chi connectivity index (χ0v) is 17.9. The van der Waals surface area contributed by atoms with Crippen LogP contribution in [0, 0.1) is 0 Å². The number of hydrogen-bond donors (Lipinski definition) is 1. The number of allylic oxidation sites excluding steroid dienone is 1. The minimum atomic E-state index is -0.503. The zero-order valence-electron chi connectivity index (χ0n) is 17.0. The van der Waals surface area contributed by atoms with Gasteiger partial charge in [-0.15, -0.1) is 0 Å². The van der Waals surface area contributed by atoms with Crippen molar-refractivity contribution in [1.82, 2.24) is 10.2 Å². The van der Waals surface area contributed by atoms with E-state index in [4.69, 9.17) is 17.0 Å². The summed E-state index contributed by atoms with van der Waals surface area (Å²) in [6.07, 6.45) is 3.80. The largest absolute Gasteiger partial charge is 0.496 e. The third-order valence-electron chi connectivity index (χ3n) is 5.25. The first kappa shape index (κ1) is 20.1. The summed E-state index contributed by atoms with van der Waals surface area (Å²) in [4.78, 5) is 28.4. The molecule has 1 aromatic rings. The normalized spacial score (nSPS) is 20.1. The summed E-state index contributed by atoms with van der Waals surface area (Å²) in [5.74, 6) is -0.333. The number of benzene rings is 1. The summed E-state index contributed by atoms with van der Waals surface area (Å²) in [5.41, 5.74) is 3.85. The first-order chi connectivity index (χ1) is 13.1. The average molecular weight is 400 g/mol. The van der Waals surface area contributed by atoms with Gasteiger partial charge in [0.15, 0.2) is 5.11 Å². The molecule has 2 heterocycles. The molecule has 0 aliphatic carbocycles. The molecule has 0 saturated carbocycles. The van der Waals surface area contributed by atoms with E-state index in [1.54, 1.807) is 13.2 Å². The van der Waals surface area contributed by atoms with E-state index in [9.17, 15) is 9.59 Å². The Hall–Kier alpha value is -2.67. The second kappa shape index (κ2) is 7.05. The van der Waals surface area contributed by atoms with Gasteiger partial charge in [0.1, 0.15) is 11.3 Å². The quantitative estimate of drug-likeness (QED) is 0.481. The molecule has 0 atom stereocenters. The molecule has 3 rings (SSSR count). The maximum Gasteiger partial charge on any atom is 0.265 e. The Morgan fingerprint density at radius 2 is 1.96 bits per heavy atom. The fourth-order valence-corrected chi connectivity index (χ4v) is 4.07. The summed E-state index contributed by atoms with van der Waals surface area (Å²) in [7, 11) is 3.12. The molecule has 1 aromatic carbocycles. The van der Waals surface area contributed by atoms with Gasteiger partial charge in [-0.25, -0.2) is 0 Å². The zero-order chi connectivity index (χ0) is 20.8. The van der Waals surface area contributed by atoms with E-state index in [0.717, 1.165) is 23.4 Å². The topological polar surface area (TPSA) is 61.9 Å². The van der Waals surface area contributed by atoms with Crippen molar-refractivity contribution in [2.24, 2.45) is 0 Å². The lowest BCUT2D eigenvalue weighted by atomic mass is 9.87. The molecule has 0 radical (unpaired) electrons. The van der Waals surface area contributed by atoms with E-state index in [-0.39, 0.29) is 16.2 Å². The Balaban J connectivity index is 2.17. The first-order valence-corrected chi connectivity index (χ1v) is 9.56. The van der Waals surface area contributed by atoms with Gasteiger partial charge in [0.25, 0.3) is 11.8 Å². The molecule has 2 aliphatic heterocycles. The number of fused-ring (bicyclic) bond motifs is 1. The molecular formula is C21H25N3O3S. The van der Waals surface area contributed by atoms with Gasteiger partial charge in [0.2, 0.25) is 0 Å². The van der Waals surface area contributed by atoms with Gasteiger partial charge >= 0.3 is 0 Å². The van der Waals surface area contributed by atoms with Gasteiger partial charge in [0.05, 0.1) is 12.6 Å². The van der Waals surface area contributed by atoms with E-state index in [1.807, 2.05) is 12.1 Å². The molecule has 7 heteroatoms. The van der Waals surface area contributed by atoms with Crippen LogP contribution < -0.4 is 15.0 Å². The van der Waals surface area contributed by atoms with E-state index >= 15 is 0 Å².